The fourth-order valence-corrected chi connectivity index (χ4v) is 5.32. The summed E-state index contributed by atoms with van der Waals surface area (Å²) >= 11 is 0. The zero-order valence-electron chi connectivity index (χ0n) is 25.5. The fourth-order valence-electron chi connectivity index (χ4n) is 5.32. The van der Waals surface area contributed by atoms with Gasteiger partial charge in [0.25, 0.3) is 0 Å². The summed E-state index contributed by atoms with van der Waals surface area (Å²) in [6.07, 6.45) is 6.67. The molecule has 0 aliphatic heterocycles. The topological polar surface area (TPSA) is 102 Å². The fraction of sp³-hybridized carbons (Fsp3) is 0.444. The summed E-state index contributed by atoms with van der Waals surface area (Å²) in [5, 5.41) is 19.5. The molecule has 0 saturated heterocycles. The van der Waals surface area contributed by atoms with Gasteiger partial charge in [-0.25, -0.2) is 0 Å². The Balaban J connectivity index is 1.61. The highest BCUT2D eigenvalue weighted by molar-refractivity contribution is 5.78. The van der Waals surface area contributed by atoms with Gasteiger partial charge in [-0.1, -0.05) is 80.3 Å². The smallest absolute Gasteiger partial charge is 0.303 e. The summed E-state index contributed by atoms with van der Waals surface area (Å²) in [5.74, 6) is 0.915. The van der Waals surface area contributed by atoms with Gasteiger partial charge in [0.1, 0.15) is 22.9 Å². The minimum atomic E-state index is -0.942. The van der Waals surface area contributed by atoms with Crippen molar-refractivity contribution in [2.24, 2.45) is 0 Å². The molecule has 7 nitrogen and oxygen atoms in total. The third-order valence-electron chi connectivity index (χ3n) is 7.80. The molecule has 0 spiro atoms. The van der Waals surface area contributed by atoms with E-state index in [-0.39, 0.29) is 18.8 Å². The third-order valence-corrected chi connectivity index (χ3v) is 7.80. The number of hydrogen-bond acceptors (Lipinski definition) is 6. The van der Waals surface area contributed by atoms with Crippen LogP contribution in [0.2, 0.25) is 0 Å². The van der Waals surface area contributed by atoms with Gasteiger partial charge in [0.15, 0.2) is 0 Å². The molecular formula is C36H46O7. The Labute approximate surface area is 255 Å². The maximum absolute atomic E-state index is 12.4. The lowest BCUT2D eigenvalue weighted by atomic mass is 9.80. The molecule has 0 amide bonds. The number of unbranched alkanes of at least 4 members (excludes halogenated alkanes) is 5. The summed E-state index contributed by atoms with van der Waals surface area (Å²) in [6.45, 7) is 0.282. The van der Waals surface area contributed by atoms with E-state index in [1.165, 1.54) is 0 Å². The summed E-state index contributed by atoms with van der Waals surface area (Å²) in [6, 6.07) is 25.7. The molecule has 1 atom stereocenters. The van der Waals surface area contributed by atoms with Crippen LogP contribution in [0.5, 0.6) is 11.5 Å². The molecule has 0 heterocycles. The van der Waals surface area contributed by atoms with Gasteiger partial charge in [-0.3, -0.25) is 9.59 Å². The molecule has 1 unspecified atom stereocenters. The number of carbonyl (C=O) groups excluding carboxylic acids is 1. The maximum Gasteiger partial charge on any atom is 0.303 e. The number of carboxylic acids is 1. The third kappa shape index (κ3) is 10.5. The van der Waals surface area contributed by atoms with Crippen molar-refractivity contribution in [3.63, 3.8) is 0 Å². The SMILES string of the molecule is COc1ccc(C(OCCC(O)CCC(=O)CCCCCCCCC(=O)O)(c2ccccc2)c2ccc(OC)cc2)cc1. The Kier molecular flexibility index (Phi) is 14.2. The average molecular weight is 591 g/mol. The number of aliphatic hydroxyl groups excluding tert-OH is 1. The van der Waals surface area contributed by atoms with Gasteiger partial charge in [-0.15, -0.1) is 0 Å². The Morgan fingerprint density at radius 3 is 1.65 bits per heavy atom. The lowest BCUT2D eigenvalue weighted by molar-refractivity contribution is -0.137. The van der Waals surface area contributed by atoms with Crippen LogP contribution in [-0.2, 0) is 19.9 Å². The zero-order chi connectivity index (χ0) is 30.9. The van der Waals surface area contributed by atoms with E-state index in [9.17, 15) is 14.7 Å². The molecular weight excluding hydrogens is 544 g/mol. The van der Waals surface area contributed by atoms with Gasteiger partial charge in [-0.05, 0) is 66.6 Å². The van der Waals surface area contributed by atoms with E-state index in [1.54, 1.807) is 14.2 Å². The van der Waals surface area contributed by atoms with Gasteiger partial charge in [0, 0.05) is 19.3 Å². The van der Waals surface area contributed by atoms with Crippen LogP contribution in [0.4, 0.5) is 0 Å². The molecule has 0 aliphatic carbocycles. The maximum atomic E-state index is 12.4. The van der Waals surface area contributed by atoms with Gasteiger partial charge < -0.3 is 24.4 Å². The van der Waals surface area contributed by atoms with Gasteiger partial charge in [0.2, 0.25) is 0 Å². The van der Waals surface area contributed by atoms with E-state index >= 15 is 0 Å². The highest BCUT2D eigenvalue weighted by Crippen LogP contribution is 2.41. The second kappa shape index (κ2) is 18.1. The first-order valence-corrected chi connectivity index (χ1v) is 15.3. The molecule has 3 rings (SSSR count). The molecule has 0 fully saturated rings. The van der Waals surface area contributed by atoms with Gasteiger partial charge in [-0.2, -0.15) is 0 Å². The first-order chi connectivity index (χ1) is 20.9. The van der Waals surface area contributed by atoms with Crippen LogP contribution >= 0.6 is 0 Å². The molecule has 0 aliphatic rings. The molecule has 43 heavy (non-hydrogen) atoms. The van der Waals surface area contributed by atoms with Crippen molar-refractivity contribution in [1.29, 1.82) is 0 Å². The number of methoxy groups -OCH3 is 2. The van der Waals surface area contributed by atoms with Crippen molar-refractivity contribution in [2.75, 3.05) is 20.8 Å². The molecule has 232 valence electrons. The van der Waals surface area contributed by atoms with Crippen molar-refractivity contribution in [2.45, 2.75) is 82.3 Å². The van der Waals surface area contributed by atoms with Crippen LogP contribution in [0.25, 0.3) is 0 Å². The first kappa shape index (κ1) is 33.8. The molecule has 3 aromatic carbocycles. The van der Waals surface area contributed by atoms with Gasteiger partial charge in [0.05, 0.1) is 26.9 Å². The van der Waals surface area contributed by atoms with Crippen LogP contribution in [0.15, 0.2) is 78.9 Å². The quantitative estimate of drug-likeness (QED) is 0.0990. The number of aliphatic hydroxyl groups is 1. The number of carboxylic acid groups (broad SMARTS) is 1. The second-order valence-corrected chi connectivity index (χ2v) is 10.9. The van der Waals surface area contributed by atoms with Crippen molar-refractivity contribution < 1.29 is 34.0 Å². The normalized spacial score (nSPS) is 12.1. The van der Waals surface area contributed by atoms with Crippen molar-refractivity contribution in [1.82, 2.24) is 0 Å². The lowest BCUT2D eigenvalue weighted by Crippen LogP contribution is -2.34. The van der Waals surface area contributed by atoms with Crippen LogP contribution in [-0.4, -0.2) is 48.9 Å². The monoisotopic (exact) mass is 590 g/mol. The predicted molar refractivity (Wildman–Crippen MR) is 168 cm³/mol. The largest absolute Gasteiger partial charge is 0.497 e. The number of ketones is 1. The summed E-state index contributed by atoms with van der Waals surface area (Å²) in [5.41, 5.74) is 1.87. The van der Waals surface area contributed by atoms with E-state index in [1.807, 2.05) is 78.9 Å². The van der Waals surface area contributed by atoms with Gasteiger partial charge >= 0.3 is 5.97 Å². The molecule has 0 bridgehead atoms. The highest BCUT2D eigenvalue weighted by atomic mass is 16.5. The number of benzene rings is 3. The Morgan fingerprint density at radius 2 is 1.14 bits per heavy atom. The predicted octanol–water partition coefficient (Wildman–Crippen LogP) is 7.32. The van der Waals surface area contributed by atoms with Crippen molar-refractivity contribution in [3.05, 3.63) is 95.6 Å². The molecule has 0 radical (unpaired) electrons. The molecule has 0 saturated carbocycles. The minimum absolute atomic E-state index is 0.168. The van der Waals surface area contributed by atoms with Crippen LogP contribution in [0.1, 0.15) is 87.3 Å². The lowest BCUT2D eigenvalue weighted by Gasteiger charge is -2.36. The Morgan fingerprint density at radius 1 is 0.651 bits per heavy atom. The van der Waals surface area contributed by atoms with E-state index in [0.717, 1.165) is 60.3 Å². The van der Waals surface area contributed by atoms with Crippen LogP contribution in [0.3, 0.4) is 0 Å². The van der Waals surface area contributed by atoms with E-state index < -0.39 is 17.7 Å². The molecule has 7 heteroatoms. The molecule has 2 N–H and O–H groups in total. The Bertz CT molecular complexity index is 1180. The number of carbonyl (C=O) groups is 2. The van der Waals surface area contributed by atoms with Crippen molar-refractivity contribution in [3.8, 4) is 11.5 Å². The highest BCUT2D eigenvalue weighted by Gasteiger charge is 2.38. The number of aliphatic carboxylic acids is 1. The summed E-state index contributed by atoms with van der Waals surface area (Å²) in [4.78, 5) is 23.0. The standard InChI is InChI=1S/C36H46O7/c1-41-33-22-16-29(17-23-33)36(28-12-8-7-9-13-28,30-18-24-34(42-2)25-19-30)43-27-26-32(38)21-20-31(37)14-10-5-3-4-6-11-15-35(39)40/h7-9,12-13,16-19,22-25,32,38H,3-6,10-11,14-15,20-21,26-27H2,1-2H3,(H,39,40). The molecule has 3 aromatic rings. The zero-order valence-corrected chi connectivity index (χ0v) is 25.5. The van der Waals surface area contributed by atoms with Crippen molar-refractivity contribution >= 4 is 11.8 Å². The van der Waals surface area contributed by atoms with Crippen LogP contribution in [0, 0.1) is 0 Å². The van der Waals surface area contributed by atoms with Crippen LogP contribution < -0.4 is 9.47 Å². The minimum Gasteiger partial charge on any atom is -0.497 e. The van der Waals surface area contributed by atoms with E-state index in [0.29, 0.717) is 32.1 Å². The van der Waals surface area contributed by atoms with E-state index in [2.05, 4.69) is 0 Å². The number of ether oxygens (including phenoxy) is 3. The average Bonchev–Trinajstić information content (AvgIpc) is 3.04. The Hall–Kier alpha value is -3.68. The number of rotatable bonds is 21. The number of Topliss-reactive ketones (excluding diaryl/α,β-unsaturated/α-hetero) is 1. The van der Waals surface area contributed by atoms with E-state index in [4.69, 9.17) is 19.3 Å². The summed E-state index contributed by atoms with van der Waals surface area (Å²) in [7, 11) is 3.28. The number of hydrogen-bond donors (Lipinski definition) is 2. The second-order valence-electron chi connectivity index (χ2n) is 10.9. The molecule has 0 aromatic heterocycles. The first-order valence-electron chi connectivity index (χ1n) is 15.3. The summed E-state index contributed by atoms with van der Waals surface area (Å²) < 4.78 is 17.6.